The molecule has 2 aromatic rings. The average molecular weight is 446 g/mol. The van der Waals surface area contributed by atoms with E-state index in [-0.39, 0.29) is 47.9 Å². The molecular formula is C20H26Cl2FN3O3. The molecule has 2 N–H and O–H groups in total. The van der Waals surface area contributed by atoms with Gasteiger partial charge in [-0.05, 0) is 37.6 Å². The molecule has 3 rings (SSSR count). The topological polar surface area (TPSA) is 74.7 Å². The number of nitrogens with one attached hydrogen (secondary N) is 1. The highest BCUT2D eigenvalue weighted by atomic mass is 35.5. The highest BCUT2D eigenvalue weighted by Gasteiger charge is 2.29. The number of hydrogen-bond donors (Lipinski definition) is 2. The second-order valence-corrected chi connectivity index (χ2v) is 6.38. The molecule has 0 spiro atoms. The predicted molar refractivity (Wildman–Crippen MR) is 117 cm³/mol. The maximum atomic E-state index is 15.4. The van der Waals surface area contributed by atoms with Gasteiger partial charge in [0.1, 0.15) is 11.4 Å². The lowest BCUT2D eigenvalue weighted by Crippen LogP contribution is -2.51. The van der Waals surface area contributed by atoms with Gasteiger partial charge in [-0.25, -0.2) is 14.2 Å². The van der Waals surface area contributed by atoms with Crippen LogP contribution in [-0.4, -0.2) is 48.3 Å². The van der Waals surface area contributed by atoms with Crippen LogP contribution in [0.3, 0.4) is 0 Å². The van der Waals surface area contributed by atoms with E-state index in [0.29, 0.717) is 24.4 Å². The van der Waals surface area contributed by atoms with E-state index in [1.807, 2.05) is 18.7 Å². The lowest BCUT2D eigenvalue weighted by molar-refractivity contribution is 0.0692. The number of benzene rings is 1. The zero-order valence-electron chi connectivity index (χ0n) is 16.4. The van der Waals surface area contributed by atoms with Crippen molar-refractivity contribution in [3.8, 4) is 17.0 Å². The standard InChI is InChI=1S/C20H24FN3O3.2ClH/c1-3-13-12-22-10-11-24(13)16-8-7-14(18(21)17(16)20(25)26)15-6-5-9-23-19(15)27-4-2;;/h5-9,13,22H,3-4,10-12H2,1-2H3,(H,25,26);2*1H/t13-;;/m1../s1. The van der Waals surface area contributed by atoms with Crippen LogP contribution in [0.2, 0.25) is 0 Å². The van der Waals surface area contributed by atoms with Crippen molar-refractivity contribution in [2.75, 3.05) is 31.1 Å². The Morgan fingerprint density at radius 2 is 2.07 bits per heavy atom. The van der Waals surface area contributed by atoms with Crippen molar-refractivity contribution in [2.45, 2.75) is 26.3 Å². The van der Waals surface area contributed by atoms with Crippen molar-refractivity contribution in [2.24, 2.45) is 0 Å². The third kappa shape index (κ3) is 5.10. The Balaban J connectivity index is 0.00000210. The van der Waals surface area contributed by atoms with Crippen LogP contribution in [0.15, 0.2) is 30.5 Å². The van der Waals surface area contributed by atoms with Gasteiger partial charge in [-0.3, -0.25) is 0 Å². The number of carboxylic acid groups (broad SMARTS) is 1. The van der Waals surface area contributed by atoms with Crippen LogP contribution in [0.1, 0.15) is 30.6 Å². The molecule has 0 radical (unpaired) electrons. The van der Waals surface area contributed by atoms with Gasteiger partial charge < -0.3 is 20.1 Å². The first-order chi connectivity index (χ1) is 13.1. The van der Waals surface area contributed by atoms with E-state index in [4.69, 9.17) is 4.74 Å². The minimum Gasteiger partial charge on any atom is -0.478 e. The number of pyridine rings is 1. The molecule has 29 heavy (non-hydrogen) atoms. The summed E-state index contributed by atoms with van der Waals surface area (Å²) in [5.41, 5.74) is 0.729. The quantitative estimate of drug-likeness (QED) is 0.699. The number of carboxylic acids is 1. The molecular weight excluding hydrogens is 420 g/mol. The molecule has 1 saturated heterocycles. The molecule has 9 heteroatoms. The van der Waals surface area contributed by atoms with Crippen molar-refractivity contribution in [3.63, 3.8) is 0 Å². The summed E-state index contributed by atoms with van der Waals surface area (Å²) in [5, 5.41) is 13.1. The molecule has 2 heterocycles. The van der Waals surface area contributed by atoms with Gasteiger partial charge >= 0.3 is 5.97 Å². The lowest BCUT2D eigenvalue weighted by atomic mass is 9.99. The van der Waals surface area contributed by atoms with Crippen LogP contribution in [0.5, 0.6) is 5.88 Å². The van der Waals surface area contributed by atoms with Crippen molar-refractivity contribution in [1.82, 2.24) is 10.3 Å². The molecule has 160 valence electrons. The van der Waals surface area contributed by atoms with Gasteiger partial charge in [0.05, 0.1) is 12.3 Å². The molecule has 1 aliphatic rings. The third-order valence-corrected chi connectivity index (χ3v) is 4.81. The first-order valence-electron chi connectivity index (χ1n) is 9.19. The van der Waals surface area contributed by atoms with Crippen molar-refractivity contribution in [3.05, 3.63) is 41.8 Å². The van der Waals surface area contributed by atoms with E-state index in [0.717, 1.165) is 19.5 Å². The number of piperazine rings is 1. The van der Waals surface area contributed by atoms with Crippen LogP contribution >= 0.6 is 24.8 Å². The van der Waals surface area contributed by atoms with E-state index < -0.39 is 11.8 Å². The largest absolute Gasteiger partial charge is 0.478 e. The molecule has 0 unspecified atom stereocenters. The highest BCUT2D eigenvalue weighted by molar-refractivity contribution is 5.97. The summed E-state index contributed by atoms with van der Waals surface area (Å²) >= 11 is 0. The van der Waals surface area contributed by atoms with E-state index in [1.165, 1.54) is 0 Å². The predicted octanol–water partition coefficient (Wildman–Crippen LogP) is 4.02. The second kappa shape index (κ2) is 11.2. The fourth-order valence-corrected chi connectivity index (χ4v) is 3.51. The van der Waals surface area contributed by atoms with Gasteiger partial charge in [0.15, 0.2) is 0 Å². The number of nitrogens with zero attached hydrogens (tertiary/aromatic N) is 2. The first kappa shape index (κ1) is 24.9. The summed E-state index contributed by atoms with van der Waals surface area (Å²) in [5.74, 6) is -1.75. The number of rotatable bonds is 6. The molecule has 1 aromatic heterocycles. The second-order valence-electron chi connectivity index (χ2n) is 6.38. The average Bonchev–Trinajstić information content (AvgIpc) is 2.68. The Morgan fingerprint density at radius 1 is 1.31 bits per heavy atom. The molecule has 0 bridgehead atoms. The zero-order valence-corrected chi connectivity index (χ0v) is 18.0. The maximum Gasteiger partial charge on any atom is 0.340 e. The number of hydrogen-bond acceptors (Lipinski definition) is 5. The smallest absolute Gasteiger partial charge is 0.340 e. The van der Waals surface area contributed by atoms with Crippen LogP contribution in [0.25, 0.3) is 11.1 Å². The number of aromatic nitrogens is 1. The van der Waals surface area contributed by atoms with E-state index in [1.54, 1.807) is 30.5 Å². The SMILES string of the molecule is CCOc1ncccc1-c1ccc(N2CCNC[C@H]2CC)c(C(=O)O)c1F.Cl.Cl. The fourth-order valence-electron chi connectivity index (χ4n) is 3.51. The summed E-state index contributed by atoms with van der Waals surface area (Å²) in [4.78, 5) is 18.1. The number of aromatic carboxylic acids is 1. The minimum atomic E-state index is -1.28. The molecule has 1 atom stereocenters. The molecule has 1 aromatic carbocycles. The van der Waals surface area contributed by atoms with Gasteiger partial charge in [-0.1, -0.05) is 6.92 Å². The molecule has 6 nitrogen and oxygen atoms in total. The molecule has 1 fully saturated rings. The van der Waals surface area contributed by atoms with Crippen molar-refractivity contribution < 1.29 is 19.0 Å². The monoisotopic (exact) mass is 445 g/mol. The maximum absolute atomic E-state index is 15.4. The normalized spacial score (nSPS) is 15.8. The van der Waals surface area contributed by atoms with E-state index >= 15 is 4.39 Å². The van der Waals surface area contributed by atoms with Gasteiger partial charge in [0.25, 0.3) is 0 Å². The summed E-state index contributed by atoms with van der Waals surface area (Å²) in [6, 6.07) is 6.79. The third-order valence-electron chi connectivity index (χ3n) is 4.81. The van der Waals surface area contributed by atoms with Crippen molar-refractivity contribution in [1.29, 1.82) is 0 Å². The summed E-state index contributed by atoms with van der Waals surface area (Å²) in [6.45, 7) is 6.35. The van der Waals surface area contributed by atoms with Crippen LogP contribution in [0, 0.1) is 5.82 Å². The number of carbonyl (C=O) groups is 1. The van der Waals surface area contributed by atoms with Gasteiger partial charge in [-0.2, -0.15) is 0 Å². The van der Waals surface area contributed by atoms with E-state index in [2.05, 4.69) is 10.3 Å². The Kier molecular flexibility index (Phi) is 9.62. The molecule has 0 saturated carbocycles. The Labute approximate surface area is 182 Å². The summed E-state index contributed by atoms with van der Waals surface area (Å²) in [6.07, 6.45) is 2.40. The van der Waals surface area contributed by atoms with Gasteiger partial charge in [-0.15, -0.1) is 24.8 Å². The molecule has 0 amide bonds. The van der Waals surface area contributed by atoms with Gasteiger partial charge in [0, 0.05) is 43.0 Å². The van der Waals surface area contributed by atoms with Crippen LogP contribution in [0.4, 0.5) is 10.1 Å². The number of ether oxygens (including phenoxy) is 1. The van der Waals surface area contributed by atoms with E-state index in [9.17, 15) is 9.90 Å². The number of halogens is 3. The highest BCUT2D eigenvalue weighted by Crippen LogP contribution is 2.36. The fraction of sp³-hybridized carbons (Fsp3) is 0.400. The molecule has 0 aliphatic carbocycles. The van der Waals surface area contributed by atoms with Crippen LogP contribution in [-0.2, 0) is 0 Å². The van der Waals surface area contributed by atoms with Crippen molar-refractivity contribution >= 4 is 36.5 Å². The molecule has 1 aliphatic heterocycles. The minimum absolute atomic E-state index is 0. The van der Waals surface area contributed by atoms with Gasteiger partial charge in [0.2, 0.25) is 5.88 Å². The Hall–Kier alpha value is -2.09. The lowest BCUT2D eigenvalue weighted by Gasteiger charge is -2.38. The summed E-state index contributed by atoms with van der Waals surface area (Å²) in [7, 11) is 0. The van der Waals surface area contributed by atoms with Crippen LogP contribution < -0.4 is 15.0 Å². The summed E-state index contributed by atoms with van der Waals surface area (Å²) < 4.78 is 20.9. The first-order valence-corrected chi connectivity index (χ1v) is 9.19. The number of anilines is 1. The Morgan fingerprint density at radius 3 is 2.72 bits per heavy atom. The zero-order chi connectivity index (χ0) is 19.4. The Bertz CT molecular complexity index is 839.